The van der Waals surface area contributed by atoms with Crippen LogP contribution in [0.1, 0.15) is 43.4 Å². The number of hydrazine groups is 1. The Bertz CT molecular complexity index is 386. The fraction of sp³-hybridized carbons (Fsp3) is 0.600. The molecule has 100 valence electrons. The van der Waals surface area contributed by atoms with E-state index < -0.39 is 0 Å². The Balaban J connectivity index is 2.05. The van der Waals surface area contributed by atoms with Crippen molar-refractivity contribution in [3.63, 3.8) is 0 Å². The van der Waals surface area contributed by atoms with Crippen molar-refractivity contribution >= 4 is 0 Å². The third-order valence-electron chi connectivity index (χ3n) is 3.59. The number of nitrogens with one attached hydrogen (secondary N) is 1. The maximum Gasteiger partial charge on any atom is 0.123 e. The molecule has 18 heavy (non-hydrogen) atoms. The van der Waals surface area contributed by atoms with E-state index in [0.717, 1.165) is 18.8 Å². The molecule has 0 aromatic heterocycles. The summed E-state index contributed by atoms with van der Waals surface area (Å²) >= 11 is 0. The normalized spacial score (nSPS) is 18.6. The number of hydrogen-bond acceptors (Lipinski definition) is 3. The van der Waals surface area contributed by atoms with Gasteiger partial charge in [-0.15, -0.1) is 0 Å². The molecule has 0 amide bonds. The van der Waals surface area contributed by atoms with E-state index in [0.29, 0.717) is 6.04 Å². The molecule has 1 aromatic rings. The van der Waals surface area contributed by atoms with E-state index in [1.165, 1.54) is 30.4 Å². The van der Waals surface area contributed by atoms with Gasteiger partial charge in [0.1, 0.15) is 5.75 Å². The fourth-order valence-electron chi connectivity index (χ4n) is 2.54. The molecular formula is C15H24N2O. The van der Waals surface area contributed by atoms with Crippen molar-refractivity contribution < 1.29 is 4.74 Å². The standard InChI is InChI=1S/C15H24N2O/c1-12-7-8-14(15(11-12)18-3)13(2)16-17-9-5-4-6-10-17/h7-8,11,13,16H,4-6,9-10H2,1-3H3. The summed E-state index contributed by atoms with van der Waals surface area (Å²) in [7, 11) is 1.74. The molecular weight excluding hydrogens is 224 g/mol. The summed E-state index contributed by atoms with van der Waals surface area (Å²) in [6.07, 6.45) is 3.95. The van der Waals surface area contributed by atoms with Gasteiger partial charge < -0.3 is 4.74 Å². The molecule has 1 aliphatic heterocycles. The van der Waals surface area contributed by atoms with Crippen molar-refractivity contribution in [2.45, 2.75) is 39.2 Å². The zero-order chi connectivity index (χ0) is 13.0. The molecule has 1 aromatic carbocycles. The first-order valence-corrected chi connectivity index (χ1v) is 6.86. The summed E-state index contributed by atoms with van der Waals surface area (Å²) < 4.78 is 5.48. The minimum Gasteiger partial charge on any atom is -0.496 e. The van der Waals surface area contributed by atoms with Crippen LogP contribution in [0.25, 0.3) is 0 Å². The molecule has 1 aliphatic rings. The van der Waals surface area contributed by atoms with Crippen molar-refractivity contribution in [3.8, 4) is 5.75 Å². The monoisotopic (exact) mass is 248 g/mol. The summed E-state index contributed by atoms with van der Waals surface area (Å²) in [6.45, 7) is 6.59. The number of hydrogen-bond donors (Lipinski definition) is 1. The lowest BCUT2D eigenvalue weighted by molar-refractivity contribution is 0.132. The van der Waals surface area contributed by atoms with Crippen LogP contribution in [0, 0.1) is 6.92 Å². The highest BCUT2D eigenvalue weighted by atomic mass is 16.5. The molecule has 0 saturated carbocycles. The Kier molecular flexibility index (Phi) is 4.61. The van der Waals surface area contributed by atoms with Crippen molar-refractivity contribution in [2.24, 2.45) is 0 Å². The number of nitrogens with zero attached hydrogens (tertiary/aromatic N) is 1. The predicted molar refractivity (Wildman–Crippen MR) is 74.7 cm³/mol. The summed E-state index contributed by atoms with van der Waals surface area (Å²) in [6, 6.07) is 6.70. The Morgan fingerprint density at radius 2 is 1.94 bits per heavy atom. The van der Waals surface area contributed by atoms with Crippen LogP contribution in [0.15, 0.2) is 18.2 Å². The molecule has 1 fully saturated rings. The lowest BCUT2D eigenvalue weighted by Crippen LogP contribution is -2.42. The van der Waals surface area contributed by atoms with Crippen LogP contribution in [-0.2, 0) is 0 Å². The van der Waals surface area contributed by atoms with Crippen LogP contribution in [0.5, 0.6) is 5.75 Å². The Labute approximate surface area is 110 Å². The van der Waals surface area contributed by atoms with Gasteiger partial charge in [0.15, 0.2) is 0 Å². The van der Waals surface area contributed by atoms with Crippen molar-refractivity contribution in [1.82, 2.24) is 10.4 Å². The average Bonchev–Trinajstić information content (AvgIpc) is 2.39. The van der Waals surface area contributed by atoms with Crippen LogP contribution in [0.2, 0.25) is 0 Å². The molecule has 0 aliphatic carbocycles. The minimum absolute atomic E-state index is 0.290. The van der Waals surface area contributed by atoms with E-state index in [-0.39, 0.29) is 0 Å². The van der Waals surface area contributed by atoms with Crippen LogP contribution < -0.4 is 10.2 Å². The first-order chi connectivity index (χ1) is 8.70. The van der Waals surface area contributed by atoms with Gasteiger partial charge in [-0.1, -0.05) is 18.6 Å². The molecule has 0 bridgehead atoms. The van der Waals surface area contributed by atoms with Gasteiger partial charge in [-0.3, -0.25) is 0 Å². The van der Waals surface area contributed by atoms with Gasteiger partial charge >= 0.3 is 0 Å². The van der Waals surface area contributed by atoms with E-state index >= 15 is 0 Å². The van der Waals surface area contributed by atoms with Gasteiger partial charge in [0.2, 0.25) is 0 Å². The molecule has 2 rings (SSSR count). The number of methoxy groups -OCH3 is 1. The van der Waals surface area contributed by atoms with Gasteiger partial charge in [0.05, 0.1) is 7.11 Å². The van der Waals surface area contributed by atoms with Crippen LogP contribution >= 0.6 is 0 Å². The zero-order valence-electron chi connectivity index (χ0n) is 11.7. The van der Waals surface area contributed by atoms with Crippen molar-refractivity contribution in [1.29, 1.82) is 0 Å². The second-order valence-electron chi connectivity index (χ2n) is 5.14. The van der Waals surface area contributed by atoms with Gasteiger partial charge in [0.25, 0.3) is 0 Å². The molecule has 3 nitrogen and oxygen atoms in total. The van der Waals surface area contributed by atoms with Crippen LogP contribution in [0.3, 0.4) is 0 Å². The lowest BCUT2D eigenvalue weighted by atomic mass is 10.1. The maximum absolute atomic E-state index is 5.48. The molecule has 3 heteroatoms. The molecule has 1 saturated heterocycles. The second-order valence-corrected chi connectivity index (χ2v) is 5.14. The van der Waals surface area contributed by atoms with Gasteiger partial charge in [-0.2, -0.15) is 0 Å². The minimum atomic E-state index is 0.290. The quantitative estimate of drug-likeness (QED) is 0.886. The first-order valence-electron chi connectivity index (χ1n) is 6.86. The molecule has 1 N–H and O–H groups in total. The van der Waals surface area contributed by atoms with Crippen LogP contribution in [0.4, 0.5) is 0 Å². The smallest absolute Gasteiger partial charge is 0.123 e. The van der Waals surface area contributed by atoms with E-state index in [4.69, 9.17) is 4.74 Å². The average molecular weight is 248 g/mol. The first kappa shape index (κ1) is 13.4. The highest BCUT2D eigenvalue weighted by Gasteiger charge is 2.16. The van der Waals surface area contributed by atoms with Crippen molar-refractivity contribution in [3.05, 3.63) is 29.3 Å². The highest BCUT2D eigenvalue weighted by molar-refractivity contribution is 5.38. The molecule has 0 radical (unpaired) electrons. The SMILES string of the molecule is COc1cc(C)ccc1C(C)NN1CCCCC1. The Hall–Kier alpha value is -1.06. The lowest BCUT2D eigenvalue weighted by Gasteiger charge is -2.31. The van der Waals surface area contributed by atoms with E-state index in [1.807, 2.05) is 0 Å². The number of ether oxygens (including phenoxy) is 1. The number of rotatable bonds is 4. The van der Waals surface area contributed by atoms with Gasteiger partial charge in [-0.05, 0) is 38.3 Å². The summed E-state index contributed by atoms with van der Waals surface area (Å²) in [5.74, 6) is 0.979. The molecule has 1 atom stereocenters. The summed E-state index contributed by atoms with van der Waals surface area (Å²) in [4.78, 5) is 0. The fourth-order valence-corrected chi connectivity index (χ4v) is 2.54. The number of piperidine rings is 1. The number of benzene rings is 1. The van der Waals surface area contributed by atoms with E-state index in [2.05, 4.69) is 42.5 Å². The van der Waals surface area contributed by atoms with Crippen molar-refractivity contribution in [2.75, 3.05) is 20.2 Å². The maximum atomic E-state index is 5.48. The topological polar surface area (TPSA) is 24.5 Å². The Morgan fingerprint density at radius 1 is 1.22 bits per heavy atom. The van der Waals surface area contributed by atoms with E-state index in [9.17, 15) is 0 Å². The molecule has 1 unspecified atom stereocenters. The summed E-state index contributed by atoms with van der Waals surface area (Å²) in [5, 5.41) is 2.34. The largest absolute Gasteiger partial charge is 0.496 e. The van der Waals surface area contributed by atoms with E-state index in [1.54, 1.807) is 7.11 Å². The van der Waals surface area contributed by atoms with Crippen LogP contribution in [-0.4, -0.2) is 25.2 Å². The highest BCUT2D eigenvalue weighted by Crippen LogP contribution is 2.26. The Morgan fingerprint density at radius 3 is 2.61 bits per heavy atom. The molecule has 0 spiro atoms. The predicted octanol–water partition coefficient (Wildman–Crippen LogP) is 3.06. The second kappa shape index (κ2) is 6.21. The van der Waals surface area contributed by atoms with Gasteiger partial charge in [-0.25, -0.2) is 10.4 Å². The third kappa shape index (κ3) is 3.24. The molecule has 1 heterocycles. The number of aryl methyl sites for hydroxylation is 1. The third-order valence-corrected chi connectivity index (χ3v) is 3.59. The summed E-state index contributed by atoms with van der Waals surface area (Å²) in [5.41, 5.74) is 6.05. The van der Waals surface area contributed by atoms with Gasteiger partial charge in [0, 0.05) is 24.7 Å². The zero-order valence-corrected chi connectivity index (χ0v) is 11.7.